The molecule has 3 aromatic rings. The lowest BCUT2D eigenvalue weighted by Crippen LogP contribution is -2.20. The number of hydrogen-bond donors (Lipinski definition) is 4. The van der Waals surface area contributed by atoms with E-state index in [1.54, 1.807) is 42.5 Å². The lowest BCUT2D eigenvalue weighted by atomic mass is 10.2. The molecule has 0 heterocycles. The Morgan fingerprint density at radius 3 is 1.52 bits per heavy atom. The lowest BCUT2D eigenvalue weighted by molar-refractivity contribution is 0.627. The summed E-state index contributed by atoms with van der Waals surface area (Å²) < 4.78 is 25.9. The smallest absolute Gasteiger partial charge is 0.175 e. The Bertz CT molecular complexity index is 1030. The van der Waals surface area contributed by atoms with E-state index in [-0.39, 0.29) is 11.6 Å². The van der Waals surface area contributed by atoms with Crippen LogP contribution < -0.4 is 21.3 Å². The number of hydrogen-bond acceptors (Lipinski definition) is 2. The first kappa shape index (κ1) is 20.9. The Morgan fingerprint density at radius 2 is 1.03 bits per heavy atom. The maximum absolute atomic E-state index is 13.0. The monoisotopic (exact) mass is 448 g/mol. The Morgan fingerprint density at radius 1 is 0.621 bits per heavy atom. The molecule has 4 N–H and O–H groups in total. The number of anilines is 4. The van der Waals surface area contributed by atoms with Gasteiger partial charge in [-0.15, -0.1) is 0 Å². The molecule has 29 heavy (non-hydrogen) atoms. The standard InChI is InChI=1S/C20H15ClF2N4S2/c21-17-11-16(26-19(28)24-14-5-1-12(22)2-6-14)9-10-18(17)27-20(29)25-15-7-3-13(23)4-8-15/h1-11H,(H2,24,26,28)(H2,25,27,29). The summed E-state index contributed by atoms with van der Waals surface area (Å²) in [5.74, 6) is -0.650. The van der Waals surface area contributed by atoms with Gasteiger partial charge in [0.25, 0.3) is 0 Å². The third kappa shape index (κ3) is 6.35. The quantitative estimate of drug-likeness (QED) is 0.355. The fourth-order valence-corrected chi connectivity index (χ4v) is 3.03. The summed E-state index contributed by atoms with van der Waals surface area (Å²) in [4.78, 5) is 0. The molecule has 0 saturated heterocycles. The molecule has 0 radical (unpaired) electrons. The Balaban J connectivity index is 1.57. The number of halogens is 3. The van der Waals surface area contributed by atoms with E-state index in [0.29, 0.717) is 38.0 Å². The average molecular weight is 449 g/mol. The fourth-order valence-electron chi connectivity index (χ4n) is 2.34. The highest BCUT2D eigenvalue weighted by molar-refractivity contribution is 7.81. The third-order valence-electron chi connectivity index (χ3n) is 3.68. The number of rotatable bonds is 4. The fraction of sp³-hybridized carbons (Fsp3) is 0. The van der Waals surface area contributed by atoms with Crippen LogP contribution in [-0.4, -0.2) is 10.2 Å². The third-order valence-corrected chi connectivity index (χ3v) is 4.40. The van der Waals surface area contributed by atoms with Gasteiger partial charge >= 0.3 is 0 Å². The van der Waals surface area contributed by atoms with Crippen molar-refractivity contribution in [3.8, 4) is 0 Å². The van der Waals surface area contributed by atoms with Gasteiger partial charge in [-0.05, 0) is 91.2 Å². The molecule has 3 rings (SSSR count). The van der Waals surface area contributed by atoms with Crippen molar-refractivity contribution in [3.63, 3.8) is 0 Å². The van der Waals surface area contributed by atoms with Crippen molar-refractivity contribution in [2.75, 3.05) is 21.3 Å². The van der Waals surface area contributed by atoms with Crippen molar-refractivity contribution in [3.05, 3.63) is 83.4 Å². The van der Waals surface area contributed by atoms with Gasteiger partial charge in [0.15, 0.2) is 10.2 Å². The zero-order valence-corrected chi connectivity index (χ0v) is 17.2. The summed E-state index contributed by atoms with van der Waals surface area (Å²) in [7, 11) is 0. The van der Waals surface area contributed by atoms with Crippen LogP contribution in [0.5, 0.6) is 0 Å². The summed E-state index contributed by atoms with van der Waals surface area (Å²) in [6.07, 6.45) is 0. The van der Waals surface area contributed by atoms with Crippen molar-refractivity contribution in [1.29, 1.82) is 0 Å². The van der Waals surface area contributed by atoms with E-state index in [1.165, 1.54) is 24.3 Å². The van der Waals surface area contributed by atoms with Crippen LogP contribution in [0.2, 0.25) is 5.02 Å². The zero-order chi connectivity index (χ0) is 20.8. The molecule has 4 nitrogen and oxygen atoms in total. The molecular weight excluding hydrogens is 434 g/mol. The molecule has 3 aromatic carbocycles. The highest BCUT2D eigenvalue weighted by Gasteiger charge is 2.06. The predicted octanol–water partition coefficient (Wildman–Crippen LogP) is 6.24. The van der Waals surface area contributed by atoms with E-state index in [0.717, 1.165) is 0 Å². The van der Waals surface area contributed by atoms with Crippen LogP contribution >= 0.6 is 36.0 Å². The molecular formula is C20H15ClF2N4S2. The Kier molecular flexibility index (Phi) is 6.92. The molecule has 0 unspecified atom stereocenters. The summed E-state index contributed by atoms with van der Waals surface area (Å²) in [5.41, 5.74) is 2.56. The van der Waals surface area contributed by atoms with Gasteiger partial charge in [0.2, 0.25) is 0 Å². The molecule has 148 valence electrons. The molecule has 0 atom stereocenters. The lowest BCUT2D eigenvalue weighted by Gasteiger charge is -2.14. The second-order valence-corrected chi connectivity index (χ2v) is 7.09. The number of thiocarbonyl (C=S) groups is 2. The second-order valence-electron chi connectivity index (χ2n) is 5.87. The molecule has 0 saturated carbocycles. The molecule has 0 bridgehead atoms. The van der Waals surface area contributed by atoms with Crippen LogP contribution in [0.3, 0.4) is 0 Å². The van der Waals surface area contributed by atoms with Crippen molar-refractivity contribution < 1.29 is 8.78 Å². The molecule has 0 spiro atoms. The van der Waals surface area contributed by atoms with Crippen LogP contribution in [-0.2, 0) is 0 Å². The van der Waals surface area contributed by atoms with Crippen molar-refractivity contribution in [1.82, 2.24) is 0 Å². The summed E-state index contributed by atoms with van der Waals surface area (Å²) >= 11 is 16.8. The van der Waals surface area contributed by atoms with Crippen molar-refractivity contribution in [2.24, 2.45) is 0 Å². The van der Waals surface area contributed by atoms with E-state index in [1.807, 2.05) is 0 Å². The maximum atomic E-state index is 13.0. The van der Waals surface area contributed by atoms with Crippen LogP contribution in [0.4, 0.5) is 31.5 Å². The first-order chi connectivity index (χ1) is 13.9. The first-order valence-corrected chi connectivity index (χ1v) is 9.55. The molecule has 0 fully saturated rings. The molecule has 9 heteroatoms. The van der Waals surface area contributed by atoms with Crippen LogP contribution in [0.15, 0.2) is 66.7 Å². The maximum Gasteiger partial charge on any atom is 0.175 e. The van der Waals surface area contributed by atoms with E-state index >= 15 is 0 Å². The van der Waals surface area contributed by atoms with E-state index in [2.05, 4.69) is 21.3 Å². The van der Waals surface area contributed by atoms with Gasteiger partial charge in [0.05, 0.1) is 10.7 Å². The molecule has 0 aromatic heterocycles. The van der Waals surface area contributed by atoms with Crippen molar-refractivity contribution >= 4 is 69.0 Å². The highest BCUT2D eigenvalue weighted by Crippen LogP contribution is 2.26. The molecule has 0 aliphatic heterocycles. The second kappa shape index (κ2) is 9.60. The van der Waals surface area contributed by atoms with Gasteiger partial charge in [-0.2, -0.15) is 0 Å². The van der Waals surface area contributed by atoms with Crippen LogP contribution in [0.25, 0.3) is 0 Å². The molecule has 0 aliphatic carbocycles. The van der Waals surface area contributed by atoms with Crippen molar-refractivity contribution in [2.45, 2.75) is 0 Å². The molecule has 0 amide bonds. The van der Waals surface area contributed by atoms with Crippen LogP contribution in [0, 0.1) is 11.6 Å². The van der Waals surface area contributed by atoms with E-state index < -0.39 is 0 Å². The summed E-state index contributed by atoms with van der Waals surface area (Å²) in [5, 5.41) is 12.9. The minimum atomic E-state index is -0.326. The summed E-state index contributed by atoms with van der Waals surface area (Å²) in [6, 6.07) is 16.9. The number of benzene rings is 3. The summed E-state index contributed by atoms with van der Waals surface area (Å²) in [6.45, 7) is 0. The van der Waals surface area contributed by atoms with Gasteiger partial charge in [-0.1, -0.05) is 11.6 Å². The predicted molar refractivity (Wildman–Crippen MR) is 124 cm³/mol. The molecule has 0 aliphatic rings. The topological polar surface area (TPSA) is 48.1 Å². The van der Waals surface area contributed by atoms with E-state index in [4.69, 9.17) is 36.0 Å². The van der Waals surface area contributed by atoms with Gasteiger partial charge in [-0.3, -0.25) is 0 Å². The SMILES string of the molecule is Fc1ccc(NC(=S)Nc2ccc(NC(=S)Nc3ccc(F)cc3)c(Cl)c2)cc1. The van der Waals surface area contributed by atoms with Gasteiger partial charge in [0, 0.05) is 17.1 Å². The largest absolute Gasteiger partial charge is 0.332 e. The average Bonchev–Trinajstić information content (AvgIpc) is 2.67. The Hall–Kier alpha value is -2.81. The first-order valence-electron chi connectivity index (χ1n) is 8.36. The minimum Gasteiger partial charge on any atom is -0.332 e. The van der Waals surface area contributed by atoms with E-state index in [9.17, 15) is 8.78 Å². The highest BCUT2D eigenvalue weighted by atomic mass is 35.5. The van der Waals surface area contributed by atoms with Gasteiger partial charge in [0.1, 0.15) is 11.6 Å². The minimum absolute atomic E-state index is 0.313. The number of nitrogens with one attached hydrogen (secondary N) is 4. The van der Waals surface area contributed by atoms with Gasteiger partial charge in [-0.25, -0.2) is 8.78 Å². The normalized spacial score (nSPS) is 10.2. The zero-order valence-electron chi connectivity index (χ0n) is 14.8. The van der Waals surface area contributed by atoms with Crippen LogP contribution in [0.1, 0.15) is 0 Å². The van der Waals surface area contributed by atoms with Gasteiger partial charge < -0.3 is 21.3 Å². The Labute approximate surface area is 182 Å².